The minimum Gasteiger partial charge on any atom is -0.381 e. The number of aryl methyl sites for hydroxylation is 1. The van der Waals surface area contributed by atoms with Crippen molar-refractivity contribution in [2.24, 2.45) is 0 Å². The molecule has 2 aromatic rings. The summed E-state index contributed by atoms with van der Waals surface area (Å²) in [6.07, 6.45) is 2.66. The first-order chi connectivity index (χ1) is 9.81. The van der Waals surface area contributed by atoms with Gasteiger partial charge in [-0.25, -0.2) is 0 Å². The Morgan fingerprint density at radius 1 is 1.00 bits per heavy atom. The zero-order valence-corrected chi connectivity index (χ0v) is 12.1. The summed E-state index contributed by atoms with van der Waals surface area (Å²) in [7, 11) is 0. The standard InChI is InChI=1S/C18H22N2/c1-15-5-4-6-17(13-15)19-14-16-7-9-18(10-8-16)20-11-2-3-12-20/h4-10,13,19H,2-3,11-12,14H2,1H3. The maximum Gasteiger partial charge on any atom is 0.0400 e. The van der Waals surface area contributed by atoms with Crippen molar-refractivity contribution in [2.45, 2.75) is 26.3 Å². The predicted octanol–water partition coefficient (Wildman–Crippen LogP) is 4.21. The van der Waals surface area contributed by atoms with E-state index in [0.29, 0.717) is 0 Å². The highest BCUT2D eigenvalue weighted by molar-refractivity contribution is 5.50. The number of hydrogen-bond donors (Lipinski definition) is 1. The fourth-order valence-electron chi connectivity index (χ4n) is 2.76. The van der Waals surface area contributed by atoms with Gasteiger partial charge in [0, 0.05) is 31.0 Å². The molecule has 1 aliphatic rings. The van der Waals surface area contributed by atoms with E-state index in [9.17, 15) is 0 Å². The molecule has 0 radical (unpaired) electrons. The summed E-state index contributed by atoms with van der Waals surface area (Å²) in [6.45, 7) is 5.42. The van der Waals surface area contributed by atoms with Crippen LogP contribution in [0.4, 0.5) is 11.4 Å². The fourth-order valence-corrected chi connectivity index (χ4v) is 2.76. The Hall–Kier alpha value is -1.96. The average Bonchev–Trinajstić information content (AvgIpc) is 3.00. The van der Waals surface area contributed by atoms with Gasteiger partial charge in [0.25, 0.3) is 0 Å². The fraction of sp³-hybridized carbons (Fsp3) is 0.333. The van der Waals surface area contributed by atoms with Crippen LogP contribution in [0.1, 0.15) is 24.0 Å². The molecule has 0 bridgehead atoms. The molecule has 1 saturated heterocycles. The third-order valence-corrected chi connectivity index (χ3v) is 3.92. The Labute approximate surface area is 121 Å². The lowest BCUT2D eigenvalue weighted by Crippen LogP contribution is -2.17. The van der Waals surface area contributed by atoms with Crippen LogP contribution in [0.5, 0.6) is 0 Å². The number of benzene rings is 2. The van der Waals surface area contributed by atoms with E-state index >= 15 is 0 Å². The first kappa shape index (κ1) is 13.0. The first-order valence-corrected chi connectivity index (χ1v) is 7.46. The Morgan fingerprint density at radius 2 is 1.75 bits per heavy atom. The molecule has 20 heavy (non-hydrogen) atoms. The minimum atomic E-state index is 0.879. The van der Waals surface area contributed by atoms with Crippen LogP contribution in [0.3, 0.4) is 0 Å². The highest BCUT2D eigenvalue weighted by Crippen LogP contribution is 2.21. The molecule has 2 aromatic carbocycles. The van der Waals surface area contributed by atoms with Crippen molar-refractivity contribution in [1.82, 2.24) is 0 Å². The number of nitrogens with zero attached hydrogens (tertiary/aromatic N) is 1. The van der Waals surface area contributed by atoms with Crippen LogP contribution in [-0.4, -0.2) is 13.1 Å². The molecule has 2 nitrogen and oxygen atoms in total. The van der Waals surface area contributed by atoms with Crippen LogP contribution >= 0.6 is 0 Å². The molecule has 1 heterocycles. The van der Waals surface area contributed by atoms with Crippen molar-refractivity contribution in [1.29, 1.82) is 0 Å². The van der Waals surface area contributed by atoms with E-state index in [1.165, 1.54) is 48.4 Å². The van der Waals surface area contributed by atoms with Crippen molar-refractivity contribution in [3.8, 4) is 0 Å². The smallest absolute Gasteiger partial charge is 0.0400 e. The van der Waals surface area contributed by atoms with E-state index in [1.54, 1.807) is 0 Å². The topological polar surface area (TPSA) is 15.3 Å². The molecule has 1 aliphatic heterocycles. The van der Waals surface area contributed by atoms with Gasteiger partial charge in [0.15, 0.2) is 0 Å². The zero-order valence-electron chi connectivity index (χ0n) is 12.1. The molecule has 3 rings (SSSR count). The van der Waals surface area contributed by atoms with Gasteiger partial charge >= 0.3 is 0 Å². The van der Waals surface area contributed by atoms with E-state index in [-0.39, 0.29) is 0 Å². The van der Waals surface area contributed by atoms with Gasteiger partial charge in [-0.05, 0) is 55.2 Å². The highest BCUT2D eigenvalue weighted by Gasteiger charge is 2.11. The summed E-state index contributed by atoms with van der Waals surface area (Å²) in [5, 5.41) is 3.48. The third-order valence-electron chi connectivity index (χ3n) is 3.92. The third kappa shape index (κ3) is 3.13. The summed E-state index contributed by atoms with van der Waals surface area (Å²) < 4.78 is 0. The van der Waals surface area contributed by atoms with Gasteiger partial charge in [-0.3, -0.25) is 0 Å². The SMILES string of the molecule is Cc1cccc(NCc2ccc(N3CCCC3)cc2)c1. The quantitative estimate of drug-likeness (QED) is 0.892. The second-order valence-corrected chi connectivity index (χ2v) is 5.58. The van der Waals surface area contributed by atoms with Crippen LogP contribution in [0.2, 0.25) is 0 Å². The molecule has 1 N–H and O–H groups in total. The minimum absolute atomic E-state index is 0.879. The van der Waals surface area contributed by atoms with E-state index in [0.717, 1.165) is 6.54 Å². The normalized spacial score (nSPS) is 14.6. The van der Waals surface area contributed by atoms with Crippen LogP contribution < -0.4 is 10.2 Å². The Morgan fingerprint density at radius 3 is 2.45 bits per heavy atom. The monoisotopic (exact) mass is 266 g/mol. The van der Waals surface area contributed by atoms with Crippen molar-refractivity contribution >= 4 is 11.4 Å². The molecule has 0 amide bonds. The lowest BCUT2D eigenvalue weighted by molar-refractivity contribution is 0.949. The molecule has 0 aliphatic carbocycles. The molecule has 1 fully saturated rings. The molecule has 0 spiro atoms. The largest absolute Gasteiger partial charge is 0.381 e. The summed E-state index contributed by atoms with van der Waals surface area (Å²) in [5.41, 5.74) is 5.17. The lowest BCUT2D eigenvalue weighted by atomic mass is 10.2. The van der Waals surface area contributed by atoms with Gasteiger partial charge in [0.2, 0.25) is 0 Å². The summed E-state index contributed by atoms with van der Waals surface area (Å²) in [4.78, 5) is 2.47. The Bertz CT molecular complexity index is 554. The van der Waals surface area contributed by atoms with Crippen LogP contribution in [0.15, 0.2) is 48.5 Å². The molecule has 0 unspecified atom stereocenters. The first-order valence-electron chi connectivity index (χ1n) is 7.46. The van der Waals surface area contributed by atoms with Crippen molar-refractivity contribution in [3.05, 3.63) is 59.7 Å². The van der Waals surface area contributed by atoms with Gasteiger partial charge in [-0.15, -0.1) is 0 Å². The summed E-state index contributed by atoms with van der Waals surface area (Å²) >= 11 is 0. The molecule has 104 valence electrons. The van der Waals surface area contributed by atoms with Gasteiger partial charge in [-0.1, -0.05) is 24.3 Å². The molecule has 0 atom stereocenters. The zero-order chi connectivity index (χ0) is 13.8. The van der Waals surface area contributed by atoms with Crippen molar-refractivity contribution in [2.75, 3.05) is 23.3 Å². The van der Waals surface area contributed by atoms with Crippen LogP contribution in [-0.2, 0) is 6.54 Å². The number of hydrogen-bond acceptors (Lipinski definition) is 2. The van der Waals surface area contributed by atoms with Crippen molar-refractivity contribution < 1.29 is 0 Å². The molecule has 0 saturated carbocycles. The number of nitrogens with one attached hydrogen (secondary N) is 1. The van der Waals surface area contributed by atoms with Gasteiger partial charge in [-0.2, -0.15) is 0 Å². The van der Waals surface area contributed by atoms with Crippen LogP contribution in [0, 0.1) is 6.92 Å². The number of rotatable bonds is 4. The second kappa shape index (κ2) is 6.00. The molecular weight excluding hydrogens is 244 g/mol. The van der Waals surface area contributed by atoms with E-state index in [2.05, 4.69) is 65.7 Å². The summed E-state index contributed by atoms with van der Waals surface area (Å²) in [6, 6.07) is 17.5. The van der Waals surface area contributed by atoms with Gasteiger partial charge in [0.1, 0.15) is 0 Å². The van der Waals surface area contributed by atoms with E-state index in [4.69, 9.17) is 0 Å². The van der Waals surface area contributed by atoms with E-state index < -0.39 is 0 Å². The van der Waals surface area contributed by atoms with Crippen molar-refractivity contribution in [3.63, 3.8) is 0 Å². The Kier molecular flexibility index (Phi) is 3.91. The molecule has 2 heteroatoms. The molecule has 0 aromatic heterocycles. The molecular formula is C18H22N2. The Balaban J connectivity index is 1.60. The lowest BCUT2D eigenvalue weighted by Gasteiger charge is -2.17. The second-order valence-electron chi connectivity index (χ2n) is 5.58. The average molecular weight is 266 g/mol. The predicted molar refractivity (Wildman–Crippen MR) is 86.4 cm³/mol. The maximum absolute atomic E-state index is 3.48. The van der Waals surface area contributed by atoms with Crippen LogP contribution in [0.25, 0.3) is 0 Å². The highest BCUT2D eigenvalue weighted by atomic mass is 15.1. The van der Waals surface area contributed by atoms with Gasteiger partial charge in [0.05, 0.1) is 0 Å². The van der Waals surface area contributed by atoms with Gasteiger partial charge < -0.3 is 10.2 Å². The number of anilines is 2. The maximum atomic E-state index is 3.48. The van der Waals surface area contributed by atoms with E-state index in [1.807, 2.05) is 0 Å². The summed E-state index contributed by atoms with van der Waals surface area (Å²) in [5.74, 6) is 0.